The number of furan rings is 1. The Kier molecular flexibility index (Phi) is 7.17. The van der Waals surface area contributed by atoms with E-state index in [4.69, 9.17) is 4.42 Å². The maximum Gasteiger partial charge on any atom is 0.136 e. The third kappa shape index (κ3) is 5.20. The number of anilines is 3. The van der Waals surface area contributed by atoms with Gasteiger partial charge < -0.3 is 13.9 Å². The van der Waals surface area contributed by atoms with Crippen LogP contribution in [0.5, 0.6) is 0 Å². The molecule has 0 amide bonds. The predicted octanol–water partition coefficient (Wildman–Crippen LogP) is 14.6. The van der Waals surface area contributed by atoms with Crippen molar-refractivity contribution in [3.05, 3.63) is 206 Å². The standard InChI is InChI=1S/C52H34N2O/c1-3-12-35(13-4-1)36-22-24-37(25-23-36)39-15-11-18-41(32-39)53(42-28-31-50-47(33-42)52-44-19-8-7-14-38(44)26-30-51(52)55-50)43-27-29-46-45-20-9-10-21-48(45)54(49(46)34-43)40-16-5-2-6-17-40/h1-34H. The maximum absolute atomic E-state index is 6.46. The average Bonchev–Trinajstić information content (AvgIpc) is 3.80. The summed E-state index contributed by atoms with van der Waals surface area (Å²) >= 11 is 0. The monoisotopic (exact) mass is 702 g/mol. The Morgan fingerprint density at radius 1 is 0.345 bits per heavy atom. The van der Waals surface area contributed by atoms with Crippen LogP contribution in [0.25, 0.3) is 82.5 Å². The SMILES string of the molecule is c1ccc(-c2ccc(-c3cccc(N(c4ccc5oc6ccc7ccccc7c6c5c4)c4ccc5c6ccccc6n(-c6ccccc6)c5c4)c3)cc2)cc1. The molecule has 0 spiro atoms. The fraction of sp³-hybridized carbons (Fsp3) is 0. The molecule has 9 aromatic carbocycles. The van der Waals surface area contributed by atoms with Crippen LogP contribution in [0.4, 0.5) is 17.1 Å². The van der Waals surface area contributed by atoms with Gasteiger partial charge in [0.15, 0.2) is 0 Å². The lowest BCUT2D eigenvalue weighted by Gasteiger charge is -2.26. The first-order valence-electron chi connectivity index (χ1n) is 18.8. The summed E-state index contributed by atoms with van der Waals surface area (Å²) in [7, 11) is 0. The smallest absolute Gasteiger partial charge is 0.136 e. The van der Waals surface area contributed by atoms with E-state index < -0.39 is 0 Å². The zero-order valence-corrected chi connectivity index (χ0v) is 29.9. The summed E-state index contributed by atoms with van der Waals surface area (Å²) in [5.74, 6) is 0. The third-order valence-corrected chi connectivity index (χ3v) is 11.0. The van der Waals surface area contributed by atoms with E-state index in [9.17, 15) is 0 Å². The molecule has 0 radical (unpaired) electrons. The van der Waals surface area contributed by atoms with Crippen LogP contribution in [0.15, 0.2) is 211 Å². The average molecular weight is 703 g/mol. The number of hydrogen-bond donors (Lipinski definition) is 0. The lowest BCUT2D eigenvalue weighted by Crippen LogP contribution is -2.10. The molecule has 0 unspecified atom stereocenters. The second-order valence-corrected chi connectivity index (χ2v) is 14.2. The minimum Gasteiger partial charge on any atom is -0.456 e. The fourth-order valence-electron chi connectivity index (χ4n) is 8.39. The second kappa shape index (κ2) is 12.6. The van der Waals surface area contributed by atoms with Gasteiger partial charge in [-0.3, -0.25) is 0 Å². The van der Waals surface area contributed by atoms with Gasteiger partial charge in [-0.05, 0) is 99.8 Å². The van der Waals surface area contributed by atoms with Crippen LogP contribution in [-0.2, 0) is 0 Å². The van der Waals surface area contributed by atoms with Crippen LogP contribution >= 0.6 is 0 Å². The Morgan fingerprint density at radius 2 is 0.945 bits per heavy atom. The predicted molar refractivity (Wildman–Crippen MR) is 231 cm³/mol. The first-order chi connectivity index (χ1) is 27.3. The summed E-state index contributed by atoms with van der Waals surface area (Å²) in [6.45, 7) is 0. The lowest BCUT2D eigenvalue weighted by molar-refractivity contribution is 0.669. The van der Waals surface area contributed by atoms with Crippen LogP contribution < -0.4 is 4.90 Å². The normalized spacial score (nSPS) is 11.6. The van der Waals surface area contributed by atoms with Gasteiger partial charge in [0.2, 0.25) is 0 Å². The van der Waals surface area contributed by atoms with E-state index in [0.29, 0.717) is 0 Å². The number of fused-ring (bicyclic) bond motifs is 8. The van der Waals surface area contributed by atoms with E-state index in [1.165, 1.54) is 43.8 Å². The van der Waals surface area contributed by atoms with Crippen LogP contribution in [0.3, 0.4) is 0 Å². The van der Waals surface area contributed by atoms with E-state index >= 15 is 0 Å². The molecule has 2 heterocycles. The molecule has 3 nitrogen and oxygen atoms in total. The Labute approximate surface area is 318 Å². The number of aromatic nitrogens is 1. The third-order valence-electron chi connectivity index (χ3n) is 11.0. The topological polar surface area (TPSA) is 21.3 Å². The molecule has 258 valence electrons. The highest BCUT2D eigenvalue weighted by Crippen LogP contribution is 2.43. The largest absolute Gasteiger partial charge is 0.456 e. The van der Waals surface area contributed by atoms with Gasteiger partial charge in [-0.15, -0.1) is 0 Å². The molecular weight excluding hydrogens is 669 g/mol. The Balaban J connectivity index is 1.13. The van der Waals surface area contributed by atoms with Crippen molar-refractivity contribution in [2.45, 2.75) is 0 Å². The molecule has 11 rings (SSSR count). The minimum atomic E-state index is 0.877. The summed E-state index contributed by atoms with van der Waals surface area (Å²) in [4.78, 5) is 2.39. The first-order valence-corrected chi connectivity index (χ1v) is 18.8. The molecule has 0 aliphatic heterocycles. The summed E-state index contributed by atoms with van der Waals surface area (Å²) in [6.07, 6.45) is 0. The Bertz CT molecular complexity index is 3190. The van der Waals surface area contributed by atoms with Crippen LogP contribution in [-0.4, -0.2) is 4.57 Å². The van der Waals surface area contributed by atoms with Crippen LogP contribution in [0.1, 0.15) is 0 Å². The molecular formula is C52H34N2O. The summed E-state index contributed by atoms with van der Waals surface area (Å²) in [5.41, 5.74) is 13.2. The number of para-hydroxylation sites is 2. The summed E-state index contributed by atoms with van der Waals surface area (Å²) in [6, 6.07) is 74.0. The molecule has 0 atom stereocenters. The number of rotatable bonds is 6. The van der Waals surface area contributed by atoms with Crippen molar-refractivity contribution in [3.8, 4) is 27.9 Å². The Hall–Kier alpha value is -7.36. The van der Waals surface area contributed by atoms with Gasteiger partial charge in [-0.25, -0.2) is 0 Å². The van der Waals surface area contributed by atoms with Gasteiger partial charge in [-0.2, -0.15) is 0 Å². The van der Waals surface area contributed by atoms with Crippen LogP contribution in [0.2, 0.25) is 0 Å². The molecule has 11 aromatic rings. The Morgan fingerprint density at radius 3 is 1.78 bits per heavy atom. The minimum absolute atomic E-state index is 0.877. The van der Waals surface area contributed by atoms with Gasteiger partial charge in [0.1, 0.15) is 11.2 Å². The van der Waals surface area contributed by atoms with Gasteiger partial charge in [0, 0.05) is 44.3 Å². The zero-order chi connectivity index (χ0) is 36.3. The van der Waals surface area contributed by atoms with Crippen molar-refractivity contribution in [1.29, 1.82) is 0 Å². The molecule has 0 aliphatic rings. The van der Waals surface area contributed by atoms with Gasteiger partial charge in [0.25, 0.3) is 0 Å². The molecule has 3 heteroatoms. The molecule has 2 aromatic heterocycles. The maximum atomic E-state index is 6.46. The van der Waals surface area contributed by atoms with Crippen molar-refractivity contribution >= 4 is 71.6 Å². The number of nitrogens with zero attached hydrogens (tertiary/aromatic N) is 2. The summed E-state index contributed by atoms with van der Waals surface area (Å²) < 4.78 is 8.84. The number of benzene rings is 9. The van der Waals surface area contributed by atoms with E-state index in [1.54, 1.807) is 0 Å². The molecule has 0 aliphatic carbocycles. The summed E-state index contributed by atoms with van der Waals surface area (Å²) in [5, 5.41) is 7.09. The number of hydrogen-bond acceptors (Lipinski definition) is 2. The van der Waals surface area contributed by atoms with E-state index in [2.05, 4.69) is 216 Å². The quantitative estimate of drug-likeness (QED) is 0.172. The molecule has 0 bridgehead atoms. The van der Waals surface area contributed by atoms with Crippen molar-refractivity contribution in [3.63, 3.8) is 0 Å². The van der Waals surface area contributed by atoms with Gasteiger partial charge >= 0.3 is 0 Å². The molecule has 55 heavy (non-hydrogen) atoms. The highest BCUT2D eigenvalue weighted by atomic mass is 16.3. The molecule has 0 saturated carbocycles. The van der Waals surface area contributed by atoms with Gasteiger partial charge in [-0.1, -0.05) is 140 Å². The molecule has 0 saturated heterocycles. The van der Waals surface area contributed by atoms with E-state index in [-0.39, 0.29) is 0 Å². The lowest BCUT2D eigenvalue weighted by atomic mass is 9.99. The second-order valence-electron chi connectivity index (χ2n) is 14.2. The van der Waals surface area contributed by atoms with E-state index in [0.717, 1.165) is 55.8 Å². The van der Waals surface area contributed by atoms with Crippen molar-refractivity contribution in [1.82, 2.24) is 4.57 Å². The van der Waals surface area contributed by atoms with Crippen LogP contribution in [0, 0.1) is 0 Å². The highest BCUT2D eigenvalue weighted by molar-refractivity contribution is 6.19. The zero-order valence-electron chi connectivity index (χ0n) is 29.9. The first kappa shape index (κ1) is 31.2. The highest BCUT2D eigenvalue weighted by Gasteiger charge is 2.20. The fourth-order valence-corrected chi connectivity index (χ4v) is 8.39. The van der Waals surface area contributed by atoms with Gasteiger partial charge in [0.05, 0.1) is 11.0 Å². The van der Waals surface area contributed by atoms with Crippen molar-refractivity contribution < 1.29 is 4.42 Å². The molecule has 0 N–H and O–H groups in total. The van der Waals surface area contributed by atoms with Crippen molar-refractivity contribution in [2.75, 3.05) is 4.90 Å². The molecule has 0 fully saturated rings. The van der Waals surface area contributed by atoms with Crippen molar-refractivity contribution in [2.24, 2.45) is 0 Å². The van der Waals surface area contributed by atoms with E-state index in [1.807, 2.05) is 0 Å².